The highest BCUT2D eigenvalue weighted by Crippen LogP contribution is 2.50. The molecule has 0 unspecified atom stereocenters. The van der Waals surface area contributed by atoms with E-state index in [2.05, 4.69) is 54.6 Å². The summed E-state index contributed by atoms with van der Waals surface area (Å²) in [5.41, 5.74) is -0.933. The molecule has 8 heteroatoms. The molecule has 2 aliphatic rings. The molecule has 0 saturated heterocycles. The van der Waals surface area contributed by atoms with Crippen molar-refractivity contribution in [2.45, 2.75) is 55.9 Å². The third kappa shape index (κ3) is 5.36. The highest BCUT2D eigenvalue weighted by molar-refractivity contribution is 7.86. The fourth-order valence-electron chi connectivity index (χ4n) is 4.92. The minimum Gasteiger partial charge on any atom is -0.300 e. The van der Waals surface area contributed by atoms with E-state index in [0.717, 1.165) is 32.1 Å². The first kappa shape index (κ1) is 23.5. The van der Waals surface area contributed by atoms with Gasteiger partial charge >= 0.3 is 15.6 Å². The minimum absolute atomic E-state index is 0.155. The molecule has 1 fully saturated rings. The Balaban J connectivity index is 0.000000293. The van der Waals surface area contributed by atoms with Gasteiger partial charge in [0.15, 0.2) is 0 Å². The van der Waals surface area contributed by atoms with Crippen LogP contribution < -0.4 is 0 Å². The number of hydrogen-bond acceptors (Lipinski definition) is 3. The van der Waals surface area contributed by atoms with Crippen LogP contribution in [0.4, 0.5) is 13.2 Å². The third-order valence-corrected chi connectivity index (χ3v) is 6.90. The second-order valence-electron chi connectivity index (χ2n) is 8.23. The maximum Gasteiger partial charge on any atom is 0.522 e. The molecule has 2 aromatic carbocycles. The molecule has 31 heavy (non-hydrogen) atoms. The minimum atomic E-state index is -5.84. The zero-order valence-corrected chi connectivity index (χ0v) is 17.8. The van der Waals surface area contributed by atoms with Crippen LogP contribution in [-0.4, -0.2) is 24.3 Å². The standard InChI is InChI=1S/C22H24O.CHF3O3S/c23-20-13-14-22(16-17-7-2-1-3-8-17)19(15-20)11-6-10-18-9-4-5-12-21(18)22;2-1(3,4)8(5,6)7/h1-5,7-9,12,19H,6,10-11,13-16H2;(H,5,6,7)/t19-,22-;/m1./s1. The number of rotatable bonds is 2. The number of fused-ring (bicyclic) bond motifs is 3. The van der Waals surface area contributed by atoms with Crippen molar-refractivity contribution < 1.29 is 30.9 Å². The molecule has 0 aromatic heterocycles. The van der Waals surface area contributed by atoms with Gasteiger partial charge < -0.3 is 0 Å². The third-order valence-electron chi connectivity index (χ3n) is 6.31. The molecule has 2 atom stereocenters. The van der Waals surface area contributed by atoms with Gasteiger partial charge in [-0.15, -0.1) is 0 Å². The summed E-state index contributed by atoms with van der Waals surface area (Å²) in [6, 6.07) is 19.9. The lowest BCUT2D eigenvalue weighted by Crippen LogP contribution is -2.42. The molecule has 4 rings (SSSR count). The summed E-state index contributed by atoms with van der Waals surface area (Å²) in [4.78, 5) is 12.1. The molecule has 0 spiro atoms. The van der Waals surface area contributed by atoms with E-state index in [4.69, 9.17) is 13.0 Å². The molecule has 0 bridgehead atoms. The van der Waals surface area contributed by atoms with Crippen molar-refractivity contribution in [3.8, 4) is 0 Å². The van der Waals surface area contributed by atoms with Gasteiger partial charge in [-0.1, -0.05) is 54.6 Å². The Bertz CT molecular complexity index is 1020. The van der Waals surface area contributed by atoms with Crippen LogP contribution in [0.25, 0.3) is 0 Å². The molecule has 2 aliphatic carbocycles. The Morgan fingerprint density at radius 2 is 1.61 bits per heavy atom. The predicted molar refractivity (Wildman–Crippen MR) is 111 cm³/mol. The van der Waals surface area contributed by atoms with Crippen LogP contribution in [0.5, 0.6) is 0 Å². The van der Waals surface area contributed by atoms with Crippen molar-refractivity contribution in [3.63, 3.8) is 0 Å². The monoisotopic (exact) mass is 454 g/mol. The van der Waals surface area contributed by atoms with Crippen molar-refractivity contribution in [2.75, 3.05) is 0 Å². The summed E-state index contributed by atoms with van der Waals surface area (Å²) in [6.45, 7) is 0. The van der Waals surface area contributed by atoms with Crippen molar-refractivity contribution in [1.29, 1.82) is 0 Å². The fourth-order valence-corrected chi connectivity index (χ4v) is 4.92. The van der Waals surface area contributed by atoms with Gasteiger partial charge in [0, 0.05) is 18.3 Å². The van der Waals surface area contributed by atoms with Crippen molar-refractivity contribution in [3.05, 3.63) is 71.3 Å². The average Bonchev–Trinajstić information content (AvgIpc) is 2.85. The maximum atomic E-state index is 12.1. The number of aryl methyl sites for hydroxylation is 1. The highest BCUT2D eigenvalue weighted by atomic mass is 32.2. The molecule has 0 aliphatic heterocycles. The Hall–Kier alpha value is -2.19. The number of alkyl halides is 3. The van der Waals surface area contributed by atoms with Crippen molar-refractivity contribution in [1.82, 2.24) is 0 Å². The maximum absolute atomic E-state index is 12.1. The lowest BCUT2D eigenvalue weighted by molar-refractivity contribution is -0.123. The van der Waals surface area contributed by atoms with Gasteiger partial charge in [0.25, 0.3) is 0 Å². The molecular formula is C23H25F3O4S. The smallest absolute Gasteiger partial charge is 0.300 e. The summed E-state index contributed by atoms with van der Waals surface area (Å²) in [6.07, 6.45) is 7.18. The summed E-state index contributed by atoms with van der Waals surface area (Å²) >= 11 is 0. The van der Waals surface area contributed by atoms with Crippen molar-refractivity contribution >= 4 is 15.9 Å². The lowest BCUT2D eigenvalue weighted by atomic mass is 9.59. The summed E-state index contributed by atoms with van der Waals surface area (Å²) in [5, 5.41) is 0. The molecule has 0 heterocycles. The lowest BCUT2D eigenvalue weighted by Gasteiger charge is -2.44. The number of ketones is 1. The first-order valence-electron chi connectivity index (χ1n) is 10.2. The fraction of sp³-hybridized carbons (Fsp3) is 0.435. The normalized spacial score (nSPS) is 23.6. The van der Waals surface area contributed by atoms with E-state index >= 15 is 0 Å². The van der Waals surface area contributed by atoms with E-state index in [-0.39, 0.29) is 5.41 Å². The molecule has 168 valence electrons. The van der Waals surface area contributed by atoms with Crippen LogP contribution >= 0.6 is 0 Å². The van der Waals surface area contributed by atoms with Crippen molar-refractivity contribution in [2.24, 2.45) is 5.92 Å². The van der Waals surface area contributed by atoms with Crippen LogP contribution in [-0.2, 0) is 33.2 Å². The number of benzene rings is 2. The van der Waals surface area contributed by atoms with Gasteiger partial charge in [0.05, 0.1) is 0 Å². The Labute approximate surface area is 180 Å². The Kier molecular flexibility index (Phi) is 6.91. The van der Waals surface area contributed by atoms with E-state index < -0.39 is 15.6 Å². The molecule has 1 N–H and O–H groups in total. The molecule has 2 aromatic rings. The summed E-state index contributed by atoms with van der Waals surface area (Å²) in [5.74, 6) is 0.977. The SMILES string of the molecule is O=C1CC[C@]2(Cc3ccccc3)c3ccccc3CCC[C@@H]2C1.O=S(=O)(O)C(F)(F)F. The van der Waals surface area contributed by atoms with Gasteiger partial charge in [0.1, 0.15) is 5.78 Å². The highest BCUT2D eigenvalue weighted by Gasteiger charge is 2.46. The zero-order valence-electron chi connectivity index (χ0n) is 16.9. The predicted octanol–water partition coefficient (Wildman–Crippen LogP) is 5.27. The van der Waals surface area contributed by atoms with E-state index in [1.165, 1.54) is 29.5 Å². The number of hydrogen-bond donors (Lipinski definition) is 1. The number of carbonyl (C=O) groups excluding carboxylic acids is 1. The summed E-state index contributed by atoms with van der Waals surface area (Å²) < 4.78 is 57.5. The topological polar surface area (TPSA) is 71.4 Å². The van der Waals surface area contributed by atoms with E-state index in [9.17, 15) is 18.0 Å². The Morgan fingerprint density at radius 1 is 1.00 bits per heavy atom. The number of Topliss-reactive ketones (excluding diaryl/α,β-unsaturated/α-hetero) is 1. The molecule has 0 amide bonds. The van der Waals surface area contributed by atoms with E-state index in [0.29, 0.717) is 11.7 Å². The molecule has 1 saturated carbocycles. The van der Waals surface area contributed by atoms with Gasteiger partial charge in [-0.3, -0.25) is 9.35 Å². The van der Waals surface area contributed by atoms with Crippen LogP contribution in [0.2, 0.25) is 0 Å². The van der Waals surface area contributed by atoms with Gasteiger partial charge in [0.2, 0.25) is 0 Å². The number of halogens is 3. The quantitative estimate of drug-likeness (QED) is 0.496. The number of carbonyl (C=O) groups is 1. The first-order valence-corrected chi connectivity index (χ1v) is 11.6. The largest absolute Gasteiger partial charge is 0.522 e. The van der Waals surface area contributed by atoms with Gasteiger partial charge in [-0.05, 0) is 54.7 Å². The molecule has 0 radical (unpaired) electrons. The average molecular weight is 455 g/mol. The zero-order chi connectivity index (χ0) is 22.7. The van der Waals surface area contributed by atoms with Gasteiger partial charge in [-0.2, -0.15) is 21.6 Å². The second-order valence-corrected chi connectivity index (χ2v) is 9.64. The van der Waals surface area contributed by atoms with Gasteiger partial charge in [-0.25, -0.2) is 0 Å². The molecule has 4 nitrogen and oxygen atoms in total. The van der Waals surface area contributed by atoms with Crippen LogP contribution in [0.15, 0.2) is 54.6 Å². The summed E-state index contributed by atoms with van der Waals surface area (Å²) in [7, 11) is -5.84. The van der Waals surface area contributed by atoms with Crippen LogP contribution in [0.1, 0.15) is 48.8 Å². The van der Waals surface area contributed by atoms with Crippen LogP contribution in [0, 0.1) is 5.92 Å². The first-order chi connectivity index (χ1) is 14.5. The van der Waals surface area contributed by atoms with E-state index in [1.807, 2.05) is 0 Å². The second kappa shape index (κ2) is 9.12. The van der Waals surface area contributed by atoms with E-state index in [1.54, 1.807) is 0 Å². The Morgan fingerprint density at radius 3 is 2.26 bits per heavy atom. The van der Waals surface area contributed by atoms with Crippen LogP contribution in [0.3, 0.4) is 0 Å². The molecular weight excluding hydrogens is 429 g/mol.